The van der Waals surface area contributed by atoms with Crippen molar-refractivity contribution in [2.24, 2.45) is 5.73 Å². The first-order valence-corrected chi connectivity index (χ1v) is 3.29. The number of hydrogen-bond donors (Lipinski definition) is 1. The molecule has 0 aliphatic heterocycles. The normalized spacial score (nSPS) is 14.1. The van der Waals surface area contributed by atoms with E-state index < -0.39 is 0 Å². The van der Waals surface area contributed by atoms with E-state index in [2.05, 4.69) is 13.0 Å². The van der Waals surface area contributed by atoms with E-state index in [1.807, 2.05) is 19.9 Å². The Balaban J connectivity index is 4.01. The third kappa shape index (κ3) is 3.83. The fraction of sp³-hybridized carbons (Fsp3) is 0.500. The fourth-order valence-electron chi connectivity index (χ4n) is 0.682. The van der Waals surface area contributed by atoms with Crippen LogP contribution in [0.1, 0.15) is 27.2 Å². The zero-order valence-corrected chi connectivity index (χ0v) is 6.44. The van der Waals surface area contributed by atoms with Gasteiger partial charge in [-0.2, -0.15) is 0 Å². The lowest BCUT2D eigenvalue weighted by Gasteiger charge is -1.94. The predicted molar refractivity (Wildman–Crippen MR) is 42.0 cm³/mol. The Morgan fingerprint density at radius 1 is 1.56 bits per heavy atom. The van der Waals surface area contributed by atoms with E-state index in [0.717, 1.165) is 12.1 Å². The van der Waals surface area contributed by atoms with Crippen molar-refractivity contribution in [3.05, 3.63) is 23.4 Å². The molecule has 0 fully saturated rings. The topological polar surface area (TPSA) is 26.0 Å². The van der Waals surface area contributed by atoms with Crippen LogP contribution in [0.25, 0.3) is 0 Å². The highest BCUT2D eigenvalue weighted by Gasteiger charge is 1.84. The molecule has 0 unspecified atom stereocenters. The largest absolute Gasteiger partial charge is 0.402 e. The van der Waals surface area contributed by atoms with Gasteiger partial charge >= 0.3 is 0 Å². The van der Waals surface area contributed by atoms with Crippen molar-refractivity contribution in [1.29, 1.82) is 0 Å². The summed E-state index contributed by atoms with van der Waals surface area (Å²) in [5.41, 5.74) is 7.65. The van der Waals surface area contributed by atoms with Crippen molar-refractivity contribution >= 4 is 0 Å². The summed E-state index contributed by atoms with van der Waals surface area (Å²) >= 11 is 0. The average Bonchev–Trinajstić information content (AvgIpc) is 1.82. The Morgan fingerprint density at radius 2 is 2.11 bits per heavy atom. The number of rotatable bonds is 2. The van der Waals surface area contributed by atoms with Crippen LogP contribution in [0, 0.1) is 0 Å². The van der Waals surface area contributed by atoms with Gasteiger partial charge in [-0.1, -0.05) is 18.6 Å². The van der Waals surface area contributed by atoms with Crippen molar-refractivity contribution in [1.82, 2.24) is 0 Å². The minimum atomic E-state index is 0.880. The van der Waals surface area contributed by atoms with E-state index in [1.54, 1.807) is 0 Å². The van der Waals surface area contributed by atoms with Crippen LogP contribution >= 0.6 is 0 Å². The molecular weight excluding hydrogens is 110 g/mol. The van der Waals surface area contributed by atoms with Crippen LogP contribution in [0.3, 0.4) is 0 Å². The Hall–Kier alpha value is -0.720. The standard InChI is InChI=1S/C8H15N/c1-4-8(5-2)6-7(3)9/h4,6H,5,9H2,1-3H3/b7-6-,8-4-. The average molecular weight is 125 g/mol. The summed E-state index contributed by atoms with van der Waals surface area (Å²) in [6.07, 6.45) is 5.14. The fourth-order valence-corrected chi connectivity index (χ4v) is 0.682. The molecule has 0 aromatic rings. The first-order chi connectivity index (χ1) is 4.20. The maximum absolute atomic E-state index is 5.46. The van der Waals surface area contributed by atoms with Gasteiger partial charge in [0.05, 0.1) is 0 Å². The van der Waals surface area contributed by atoms with Gasteiger partial charge in [-0.25, -0.2) is 0 Å². The highest BCUT2D eigenvalue weighted by Crippen LogP contribution is 2.02. The first kappa shape index (κ1) is 8.28. The van der Waals surface area contributed by atoms with Gasteiger partial charge in [-0.15, -0.1) is 0 Å². The van der Waals surface area contributed by atoms with Gasteiger partial charge in [0.2, 0.25) is 0 Å². The van der Waals surface area contributed by atoms with Gasteiger partial charge in [-0.3, -0.25) is 0 Å². The van der Waals surface area contributed by atoms with Gasteiger partial charge in [0.1, 0.15) is 0 Å². The molecule has 52 valence electrons. The smallest absolute Gasteiger partial charge is 0.00515 e. The molecule has 0 atom stereocenters. The van der Waals surface area contributed by atoms with Crippen LogP contribution in [0.15, 0.2) is 23.4 Å². The van der Waals surface area contributed by atoms with E-state index in [9.17, 15) is 0 Å². The van der Waals surface area contributed by atoms with Gasteiger partial charge in [0, 0.05) is 5.70 Å². The van der Waals surface area contributed by atoms with Crippen LogP contribution in [-0.2, 0) is 0 Å². The van der Waals surface area contributed by atoms with Crippen molar-refractivity contribution < 1.29 is 0 Å². The highest BCUT2D eigenvalue weighted by atomic mass is 14.5. The Morgan fingerprint density at radius 3 is 2.22 bits per heavy atom. The van der Waals surface area contributed by atoms with Gasteiger partial charge in [0.25, 0.3) is 0 Å². The molecule has 1 nitrogen and oxygen atoms in total. The second-order valence-corrected chi connectivity index (χ2v) is 2.11. The predicted octanol–water partition coefficient (Wildman–Crippen LogP) is 2.21. The monoisotopic (exact) mass is 125 g/mol. The SMILES string of the molecule is C/C=C(\C=C(\C)N)CC. The molecule has 0 aromatic heterocycles. The molecule has 0 bridgehead atoms. The van der Waals surface area contributed by atoms with Crippen LogP contribution in [0.4, 0.5) is 0 Å². The summed E-state index contributed by atoms with van der Waals surface area (Å²) in [5, 5.41) is 0. The quantitative estimate of drug-likeness (QED) is 0.562. The molecule has 0 saturated carbocycles. The summed E-state index contributed by atoms with van der Waals surface area (Å²) in [7, 11) is 0. The van der Waals surface area contributed by atoms with E-state index in [1.165, 1.54) is 5.57 Å². The van der Waals surface area contributed by atoms with Crippen molar-refractivity contribution in [3.63, 3.8) is 0 Å². The van der Waals surface area contributed by atoms with Crippen LogP contribution in [-0.4, -0.2) is 0 Å². The third-order valence-corrected chi connectivity index (χ3v) is 1.19. The summed E-state index contributed by atoms with van der Waals surface area (Å²) in [4.78, 5) is 0. The summed E-state index contributed by atoms with van der Waals surface area (Å²) in [5.74, 6) is 0. The van der Waals surface area contributed by atoms with E-state index in [4.69, 9.17) is 5.73 Å². The maximum Gasteiger partial charge on any atom is 0.00515 e. The second-order valence-electron chi connectivity index (χ2n) is 2.11. The van der Waals surface area contributed by atoms with Crippen LogP contribution < -0.4 is 5.73 Å². The van der Waals surface area contributed by atoms with Gasteiger partial charge in [-0.05, 0) is 26.3 Å². The number of nitrogens with two attached hydrogens (primary N) is 1. The summed E-state index contributed by atoms with van der Waals surface area (Å²) in [6, 6.07) is 0. The van der Waals surface area contributed by atoms with Gasteiger partial charge in [0.15, 0.2) is 0 Å². The second kappa shape index (κ2) is 4.19. The van der Waals surface area contributed by atoms with E-state index in [0.29, 0.717) is 0 Å². The lowest BCUT2D eigenvalue weighted by Crippen LogP contribution is -1.90. The molecule has 0 spiro atoms. The molecule has 9 heavy (non-hydrogen) atoms. The zero-order valence-electron chi connectivity index (χ0n) is 6.44. The summed E-state index contributed by atoms with van der Waals surface area (Å²) in [6.45, 7) is 6.05. The van der Waals surface area contributed by atoms with Crippen molar-refractivity contribution in [2.75, 3.05) is 0 Å². The van der Waals surface area contributed by atoms with E-state index >= 15 is 0 Å². The lowest BCUT2D eigenvalue weighted by molar-refractivity contribution is 1.12. The number of allylic oxidation sites excluding steroid dienone is 4. The Kier molecular flexibility index (Phi) is 3.85. The van der Waals surface area contributed by atoms with Crippen molar-refractivity contribution in [2.45, 2.75) is 27.2 Å². The molecule has 0 saturated heterocycles. The van der Waals surface area contributed by atoms with Gasteiger partial charge < -0.3 is 5.73 Å². The van der Waals surface area contributed by atoms with E-state index in [-0.39, 0.29) is 0 Å². The molecule has 0 heterocycles. The molecule has 0 rings (SSSR count). The zero-order chi connectivity index (χ0) is 7.28. The molecule has 0 aliphatic carbocycles. The minimum Gasteiger partial charge on any atom is -0.402 e. The molecular formula is C8H15N. The van der Waals surface area contributed by atoms with Crippen LogP contribution in [0.2, 0.25) is 0 Å². The van der Waals surface area contributed by atoms with Crippen molar-refractivity contribution in [3.8, 4) is 0 Å². The third-order valence-electron chi connectivity index (χ3n) is 1.19. The molecule has 0 aliphatic rings. The summed E-state index contributed by atoms with van der Waals surface area (Å²) < 4.78 is 0. The molecule has 1 heteroatoms. The highest BCUT2D eigenvalue weighted by molar-refractivity contribution is 5.19. The molecule has 0 radical (unpaired) electrons. The van der Waals surface area contributed by atoms with Crippen LogP contribution in [0.5, 0.6) is 0 Å². The Labute approximate surface area is 57.3 Å². The minimum absolute atomic E-state index is 0.880. The lowest BCUT2D eigenvalue weighted by atomic mass is 10.2. The maximum atomic E-state index is 5.46. The molecule has 2 N–H and O–H groups in total. The molecule has 0 aromatic carbocycles. The Bertz CT molecular complexity index is 128. The molecule has 0 amide bonds. The first-order valence-electron chi connectivity index (χ1n) is 3.29. The number of hydrogen-bond acceptors (Lipinski definition) is 1.